The number of aryl methyl sites for hydroxylation is 1. The van der Waals surface area contributed by atoms with Gasteiger partial charge < -0.3 is 15.2 Å². The zero-order valence-corrected chi connectivity index (χ0v) is 12.7. The predicted molar refractivity (Wildman–Crippen MR) is 78.7 cm³/mol. The molecule has 0 aliphatic rings. The van der Waals surface area contributed by atoms with Crippen molar-refractivity contribution >= 4 is 18.3 Å². The first-order valence-corrected chi connectivity index (χ1v) is 5.90. The molecule has 0 saturated heterocycles. The van der Waals surface area contributed by atoms with E-state index in [1.807, 2.05) is 13.8 Å². The molecule has 6 heteroatoms. The summed E-state index contributed by atoms with van der Waals surface area (Å²) < 4.78 is 1.40. The molecule has 1 rings (SSSR count). The molecule has 0 aromatic carbocycles. The lowest BCUT2D eigenvalue weighted by Crippen LogP contribution is -2.41. The summed E-state index contributed by atoms with van der Waals surface area (Å²) >= 11 is 0. The van der Waals surface area contributed by atoms with E-state index in [4.69, 9.17) is 5.73 Å². The number of halogens is 1. The van der Waals surface area contributed by atoms with Crippen LogP contribution in [0.4, 0.5) is 0 Å². The Morgan fingerprint density at radius 3 is 2.58 bits per heavy atom. The van der Waals surface area contributed by atoms with Crippen molar-refractivity contribution in [2.45, 2.75) is 13.8 Å². The van der Waals surface area contributed by atoms with Gasteiger partial charge in [0.15, 0.2) is 0 Å². The molecule has 0 unspecified atom stereocenters. The summed E-state index contributed by atoms with van der Waals surface area (Å²) in [7, 11) is 3.31. The number of carbonyl (C=O) groups excluding carboxylic acids is 1. The second-order valence-corrected chi connectivity index (χ2v) is 5.37. The molecular formula is C13H22ClN3O2. The molecule has 0 spiro atoms. The van der Waals surface area contributed by atoms with E-state index in [0.29, 0.717) is 13.1 Å². The van der Waals surface area contributed by atoms with Crippen LogP contribution in [-0.2, 0) is 7.05 Å². The summed E-state index contributed by atoms with van der Waals surface area (Å²) in [5.41, 5.74) is 5.39. The first-order chi connectivity index (χ1) is 8.28. The number of amides is 1. The van der Waals surface area contributed by atoms with E-state index in [1.54, 1.807) is 37.3 Å². The quantitative estimate of drug-likeness (QED) is 0.893. The van der Waals surface area contributed by atoms with E-state index in [1.165, 1.54) is 4.57 Å². The van der Waals surface area contributed by atoms with Gasteiger partial charge >= 0.3 is 0 Å². The Morgan fingerprint density at radius 1 is 1.47 bits per heavy atom. The molecule has 1 amide bonds. The van der Waals surface area contributed by atoms with Gasteiger partial charge in [-0.3, -0.25) is 9.59 Å². The van der Waals surface area contributed by atoms with Crippen molar-refractivity contribution in [2.24, 2.45) is 18.2 Å². The zero-order valence-electron chi connectivity index (χ0n) is 11.8. The van der Waals surface area contributed by atoms with E-state index >= 15 is 0 Å². The van der Waals surface area contributed by atoms with E-state index in [-0.39, 0.29) is 34.9 Å². The van der Waals surface area contributed by atoms with Crippen LogP contribution < -0.4 is 11.3 Å². The summed E-state index contributed by atoms with van der Waals surface area (Å²) in [6.45, 7) is 4.97. The van der Waals surface area contributed by atoms with Crippen molar-refractivity contribution in [2.75, 3.05) is 20.1 Å². The molecule has 1 aromatic rings. The van der Waals surface area contributed by atoms with Crippen molar-refractivity contribution in [1.29, 1.82) is 0 Å². The van der Waals surface area contributed by atoms with Crippen LogP contribution in [0.15, 0.2) is 23.1 Å². The average Bonchev–Trinajstić information content (AvgIpc) is 2.31. The number of pyridine rings is 1. The monoisotopic (exact) mass is 287 g/mol. The number of nitrogens with zero attached hydrogens (tertiary/aromatic N) is 2. The molecule has 0 fully saturated rings. The van der Waals surface area contributed by atoms with Crippen LogP contribution in [-0.4, -0.2) is 35.5 Å². The third kappa shape index (κ3) is 4.36. The van der Waals surface area contributed by atoms with Gasteiger partial charge in [-0.05, 0) is 24.1 Å². The Bertz CT molecular complexity index is 497. The zero-order chi connectivity index (χ0) is 13.9. The summed E-state index contributed by atoms with van der Waals surface area (Å²) in [6.07, 6.45) is 1.63. The first-order valence-electron chi connectivity index (χ1n) is 5.90. The Hall–Kier alpha value is -1.33. The average molecular weight is 288 g/mol. The largest absolute Gasteiger partial charge is 0.341 e. The SMILES string of the molecule is CN(CC(C)(C)CN)C(=O)c1cccn(C)c1=O.Cl. The molecule has 0 atom stereocenters. The standard InChI is InChI=1S/C13H21N3O2.ClH/c1-13(2,8-14)9-16(4)12(18)10-6-5-7-15(3)11(10)17;/h5-7H,8-9,14H2,1-4H3;1H. The first kappa shape index (κ1) is 17.7. The van der Waals surface area contributed by atoms with Gasteiger partial charge in [0.2, 0.25) is 0 Å². The van der Waals surface area contributed by atoms with Gasteiger partial charge in [-0.15, -0.1) is 12.4 Å². The lowest BCUT2D eigenvalue weighted by atomic mass is 9.93. The van der Waals surface area contributed by atoms with Gasteiger partial charge in [-0.25, -0.2) is 0 Å². The van der Waals surface area contributed by atoms with Crippen LogP contribution in [0.25, 0.3) is 0 Å². The fourth-order valence-corrected chi connectivity index (χ4v) is 1.74. The van der Waals surface area contributed by atoms with E-state index < -0.39 is 0 Å². The summed E-state index contributed by atoms with van der Waals surface area (Å²) in [6, 6.07) is 3.24. The molecule has 19 heavy (non-hydrogen) atoms. The minimum atomic E-state index is -0.278. The van der Waals surface area contributed by atoms with E-state index in [2.05, 4.69) is 0 Å². The van der Waals surface area contributed by atoms with Crippen LogP contribution in [0.1, 0.15) is 24.2 Å². The number of hydrogen-bond acceptors (Lipinski definition) is 3. The highest BCUT2D eigenvalue weighted by atomic mass is 35.5. The Labute approximate surface area is 119 Å². The highest BCUT2D eigenvalue weighted by Crippen LogP contribution is 2.14. The second kappa shape index (κ2) is 6.73. The van der Waals surface area contributed by atoms with Crippen LogP contribution in [0, 0.1) is 5.41 Å². The minimum Gasteiger partial charge on any atom is -0.341 e. The summed E-state index contributed by atoms with van der Waals surface area (Å²) in [5, 5.41) is 0. The highest BCUT2D eigenvalue weighted by Gasteiger charge is 2.23. The molecule has 1 aromatic heterocycles. The maximum Gasteiger partial charge on any atom is 0.263 e. The number of aromatic nitrogens is 1. The van der Waals surface area contributed by atoms with Gasteiger partial charge in [-0.2, -0.15) is 0 Å². The van der Waals surface area contributed by atoms with Crippen LogP contribution in [0.5, 0.6) is 0 Å². The second-order valence-electron chi connectivity index (χ2n) is 5.37. The van der Waals surface area contributed by atoms with Crippen LogP contribution >= 0.6 is 12.4 Å². The molecule has 0 bridgehead atoms. The van der Waals surface area contributed by atoms with Crippen LogP contribution in [0.3, 0.4) is 0 Å². The molecule has 2 N–H and O–H groups in total. The normalized spacial score (nSPS) is 10.8. The smallest absolute Gasteiger partial charge is 0.263 e. The van der Waals surface area contributed by atoms with Crippen molar-refractivity contribution in [3.05, 3.63) is 34.2 Å². The molecule has 0 saturated carbocycles. The fraction of sp³-hybridized carbons (Fsp3) is 0.538. The Kier molecular flexibility index (Phi) is 6.25. The molecule has 108 valence electrons. The fourth-order valence-electron chi connectivity index (χ4n) is 1.74. The number of nitrogens with two attached hydrogens (primary N) is 1. The topological polar surface area (TPSA) is 68.3 Å². The maximum absolute atomic E-state index is 12.2. The number of rotatable bonds is 4. The lowest BCUT2D eigenvalue weighted by molar-refractivity contribution is 0.0738. The van der Waals surface area contributed by atoms with Crippen molar-refractivity contribution in [3.8, 4) is 0 Å². The van der Waals surface area contributed by atoms with Gasteiger partial charge in [-0.1, -0.05) is 13.8 Å². The molecule has 5 nitrogen and oxygen atoms in total. The molecular weight excluding hydrogens is 266 g/mol. The van der Waals surface area contributed by atoms with Gasteiger partial charge in [0.05, 0.1) is 0 Å². The van der Waals surface area contributed by atoms with Gasteiger partial charge in [0, 0.05) is 26.8 Å². The van der Waals surface area contributed by atoms with Crippen molar-refractivity contribution in [1.82, 2.24) is 9.47 Å². The molecule has 1 heterocycles. The molecule has 0 aliphatic heterocycles. The third-order valence-corrected chi connectivity index (χ3v) is 2.92. The number of carbonyl (C=O) groups is 1. The third-order valence-electron chi connectivity index (χ3n) is 2.92. The summed E-state index contributed by atoms with van der Waals surface area (Å²) in [4.78, 5) is 25.6. The van der Waals surface area contributed by atoms with Crippen molar-refractivity contribution in [3.63, 3.8) is 0 Å². The minimum absolute atomic E-state index is 0. The van der Waals surface area contributed by atoms with Gasteiger partial charge in [0.1, 0.15) is 5.56 Å². The Balaban J connectivity index is 0.00000324. The van der Waals surface area contributed by atoms with E-state index in [9.17, 15) is 9.59 Å². The van der Waals surface area contributed by atoms with Crippen molar-refractivity contribution < 1.29 is 4.79 Å². The lowest BCUT2D eigenvalue weighted by Gasteiger charge is -2.28. The van der Waals surface area contributed by atoms with Gasteiger partial charge in [0.25, 0.3) is 11.5 Å². The van der Waals surface area contributed by atoms with E-state index in [0.717, 1.165) is 0 Å². The highest BCUT2D eigenvalue weighted by molar-refractivity contribution is 5.93. The molecule has 0 radical (unpaired) electrons. The maximum atomic E-state index is 12.2. The van der Waals surface area contributed by atoms with Crippen LogP contribution in [0.2, 0.25) is 0 Å². The number of hydrogen-bond donors (Lipinski definition) is 1. The summed E-state index contributed by atoms with van der Waals surface area (Å²) in [5.74, 6) is -0.266. The predicted octanol–water partition coefficient (Wildman–Crippen LogP) is 0.864. The molecule has 0 aliphatic carbocycles. The Morgan fingerprint density at radius 2 is 2.05 bits per heavy atom.